The smallest absolute Gasteiger partial charge is 0.222 e. The van der Waals surface area contributed by atoms with Crippen LogP contribution in [0.15, 0.2) is 4.99 Å². The van der Waals surface area contributed by atoms with Gasteiger partial charge in [-0.2, -0.15) is 0 Å². The quantitative estimate of drug-likeness (QED) is 0.249. The summed E-state index contributed by atoms with van der Waals surface area (Å²) in [5.74, 6) is 2.09. The van der Waals surface area contributed by atoms with E-state index in [2.05, 4.69) is 34.4 Å². The van der Waals surface area contributed by atoms with E-state index in [0.29, 0.717) is 5.91 Å². The molecule has 0 radical (unpaired) electrons. The van der Waals surface area contributed by atoms with E-state index in [-0.39, 0.29) is 24.0 Å². The summed E-state index contributed by atoms with van der Waals surface area (Å²) in [5.41, 5.74) is 0. The topological polar surface area (TPSA) is 60.0 Å². The van der Waals surface area contributed by atoms with Crippen molar-refractivity contribution in [2.75, 3.05) is 52.4 Å². The lowest BCUT2D eigenvalue weighted by Gasteiger charge is -2.30. The fourth-order valence-electron chi connectivity index (χ4n) is 3.35. The van der Waals surface area contributed by atoms with Gasteiger partial charge in [-0.15, -0.1) is 24.0 Å². The summed E-state index contributed by atoms with van der Waals surface area (Å²) >= 11 is 0. The van der Waals surface area contributed by atoms with Crippen molar-refractivity contribution in [2.45, 2.75) is 46.0 Å². The summed E-state index contributed by atoms with van der Waals surface area (Å²) in [7, 11) is 0. The number of carbonyl (C=O) groups is 1. The van der Waals surface area contributed by atoms with Gasteiger partial charge in [-0.05, 0) is 51.6 Å². The Labute approximate surface area is 170 Å². The number of piperidine rings is 1. The van der Waals surface area contributed by atoms with Crippen LogP contribution >= 0.6 is 24.0 Å². The number of nitrogens with one attached hydrogen (secondary N) is 2. The van der Waals surface area contributed by atoms with Crippen molar-refractivity contribution < 1.29 is 4.79 Å². The summed E-state index contributed by atoms with van der Waals surface area (Å²) in [6, 6.07) is 0. The molecule has 2 N–H and O–H groups in total. The van der Waals surface area contributed by atoms with E-state index < -0.39 is 0 Å². The van der Waals surface area contributed by atoms with E-state index in [1.165, 1.54) is 25.9 Å². The molecule has 2 fully saturated rings. The van der Waals surface area contributed by atoms with Crippen molar-refractivity contribution in [2.24, 2.45) is 10.9 Å². The highest BCUT2D eigenvalue weighted by molar-refractivity contribution is 14.0. The first-order valence-electron chi connectivity index (χ1n) is 9.71. The van der Waals surface area contributed by atoms with E-state index in [1.54, 1.807) is 0 Å². The number of hydrogen-bond donors (Lipinski definition) is 2. The molecule has 25 heavy (non-hydrogen) atoms. The van der Waals surface area contributed by atoms with E-state index in [4.69, 9.17) is 0 Å². The zero-order chi connectivity index (χ0) is 17.2. The summed E-state index contributed by atoms with van der Waals surface area (Å²) in [6.45, 7) is 12.3. The highest BCUT2D eigenvalue weighted by Gasteiger charge is 2.19. The molecule has 0 aromatic rings. The van der Waals surface area contributed by atoms with Crippen molar-refractivity contribution >= 4 is 35.8 Å². The summed E-state index contributed by atoms with van der Waals surface area (Å²) in [5, 5.41) is 6.74. The van der Waals surface area contributed by atoms with Crippen molar-refractivity contribution in [3.63, 3.8) is 0 Å². The molecule has 0 aromatic carbocycles. The third kappa shape index (κ3) is 8.57. The Morgan fingerprint density at radius 1 is 1.20 bits per heavy atom. The molecule has 0 aliphatic carbocycles. The second-order valence-electron chi connectivity index (χ2n) is 7.05. The van der Waals surface area contributed by atoms with Gasteiger partial charge in [0.15, 0.2) is 5.96 Å². The first-order valence-corrected chi connectivity index (χ1v) is 9.71. The molecule has 7 heteroatoms. The largest absolute Gasteiger partial charge is 0.357 e. The predicted molar refractivity (Wildman–Crippen MR) is 115 cm³/mol. The molecule has 0 spiro atoms. The van der Waals surface area contributed by atoms with Gasteiger partial charge in [0, 0.05) is 45.7 Å². The number of guanidine groups is 1. The van der Waals surface area contributed by atoms with E-state index in [9.17, 15) is 4.79 Å². The SMILES string of the molecule is CCNC(=NCCCN1CCCC1=O)NCCN1CCC(C)CC1.I. The van der Waals surface area contributed by atoms with Crippen LogP contribution in [0.25, 0.3) is 0 Å². The zero-order valence-corrected chi connectivity index (χ0v) is 18.3. The van der Waals surface area contributed by atoms with Crippen molar-refractivity contribution in [1.29, 1.82) is 0 Å². The number of rotatable bonds is 8. The van der Waals surface area contributed by atoms with Crippen molar-refractivity contribution in [3.05, 3.63) is 0 Å². The summed E-state index contributed by atoms with van der Waals surface area (Å²) in [6.07, 6.45) is 5.32. The fourth-order valence-corrected chi connectivity index (χ4v) is 3.35. The van der Waals surface area contributed by atoms with Crippen LogP contribution in [0.3, 0.4) is 0 Å². The molecule has 2 aliphatic rings. The maximum atomic E-state index is 11.6. The lowest BCUT2D eigenvalue weighted by Crippen LogP contribution is -2.43. The second-order valence-corrected chi connectivity index (χ2v) is 7.05. The Morgan fingerprint density at radius 3 is 2.60 bits per heavy atom. The maximum Gasteiger partial charge on any atom is 0.222 e. The fraction of sp³-hybridized carbons (Fsp3) is 0.889. The molecular weight excluding hydrogens is 429 g/mol. The molecule has 6 nitrogen and oxygen atoms in total. The number of aliphatic imine (C=N–C) groups is 1. The standard InChI is InChI=1S/C18H35N5O.HI/c1-3-19-18(20-9-5-12-23-11-4-6-17(23)24)21-10-15-22-13-7-16(2)8-14-22;/h16H,3-15H2,1-2H3,(H2,19,20,21);1H. The number of hydrogen-bond acceptors (Lipinski definition) is 3. The summed E-state index contributed by atoms with van der Waals surface area (Å²) in [4.78, 5) is 20.7. The van der Waals surface area contributed by atoms with Gasteiger partial charge in [0.05, 0.1) is 0 Å². The van der Waals surface area contributed by atoms with Gasteiger partial charge in [-0.3, -0.25) is 9.79 Å². The van der Waals surface area contributed by atoms with Gasteiger partial charge in [0.25, 0.3) is 0 Å². The highest BCUT2D eigenvalue weighted by atomic mass is 127. The minimum absolute atomic E-state index is 0. The van der Waals surface area contributed by atoms with Gasteiger partial charge >= 0.3 is 0 Å². The molecule has 0 unspecified atom stereocenters. The lowest BCUT2D eigenvalue weighted by atomic mass is 9.99. The number of amides is 1. The molecule has 0 bridgehead atoms. The molecule has 2 saturated heterocycles. The molecule has 2 aliphatic heterocycles. The number of likely N-dealkylation sites (tertiary alicyclic amines) is 2. The van der Waals surface area contributed by atoms with Crippen LogP contribution in [0.1, 0.15) is 46.0 Å². The molecule has 0 aromatic heterocycles. The maximum absolute atomic E-state index is 11.6. The Morgan fingerprint density at radius 2 is 1.96 bits per heavy atom. The van der Waals surface area contributed by atoms with Gasteiger partial charge in [-0.1, -0.05) is 6.92 Å². The average molecular weight is 465 g/mol. The molecule has 0 atom stereocenters. The van der Waals surface area contributed by atoms with Crippen LogP contribution in [0.4, 0.5) is 0 Å². The molecule has 1 amide bonds. The van der Waals surface area contributed by atoms with E-state index >= 15 is 0 Å². The van der Waals surface area contributed by atoms with Gasteiger partial charge in [0.1, 0.15) is 0 Å². The summed E-state index contributed by atoms with van der Waals surface area (Å²) < 4.78 is 0. The number of halogens is 1. The van der Waals surface area contributed by atoms with Gasteiger partial charge in [-0.25, -0.2) is 0 Å². The van der Waals surface area contributed by atoms with Crippen LogP contribution < -0.4 is 10.6 Å². The Kier molecular flexibility index (Phi) is 11.4. The molecule has 2 heterocycles. The van der Waals surface area contributed by atoms with E-state index in [1.807, 2.05) is 4.90 Å². The van der Waals surface area contributed by atoms with Crippen molar-refractivity contribution in [3.8, 4) is 0 Å². The molecular formula is C18H36IN5O. The van der Waals surface area contributed by atoms with Crippen LogP contribution in [0.5, 0.6) is 0 Å². The van der Waals surface area contributed by atoms with Crippen LogP contribution in [-0.2, 0) is 4.79 Å². The lowest BCUT2D eigenvalue weighted by molar-refractivity contribution is -0.127. The third-order valence-electron chi connectivity index (χ3n) is 4.97. The minimum atomic E-state index is 0. The molecule has 2 rings (SSSR count). The number of nitrogens with zero attached hydrogens (tertiary/aromatic N) is 3. The Hall–Kier alpha value is -0.570. The molecule has 146 valence electrons. The minimum Gasteiger partial charge on any atom is -0.357 e. The second kappa shape index (κ2) is 12.7. The predicted octanol–water partition coefficient (Wildman–Crippen LogP) is 1.90. The Balaban J connectivity index is 0.00000312. The van der Waals surface area contributed by atoms with Gasteiger partial charge < -0.3 is 20.4 Å². The average Bonchev–Trinajstić information content (AvgIpc) is 2.98. The van der Waals surface area contributed by atoms with Crippen molar-refractivity contribution in [1.82, 2.24) is 20.4 Å². The normalized spacial score (nSPS) is 19.8. The number of carbonyl (C=O) groups excluding carboxylic acids is 1. The van der Waals surface area contributed by atoms with Crippen LogP contribution in [0, 0.1) is 5.92 Å². The first kappa shape index (κ1) is 22.5. The highest BCUT2D eigenvalue weighted by Crippen LogP contribution is 2.15. The van der Waals surface area contributed by atoms with Crippen LogP contribution in [-0.4, -0.2) is 74.0 Å². The first-order chi connectivity index (χ1) is 11.7. The van der Waals surface area contributed by atoms with E-state index in [0.717, 1.165) is 70.4 Å². The third-order valence-corrected chi connectivity index (χ3v) is 4.97. The monoisotopic (exact) mass is 465 g/mol. The zero-order valence-electron chi connectivity index (χ0n) is 15.9. The molecule has 0 saturated carbocycles. The van der Waals surface area contributed by atoms with Crippen LogP contribution in [0.2, 0.25) is 0 Å². The van der Waals surface area contributed by atoms with Gasteiger partial charge in [0.2, 0.25) is 5.91 Å². The Bertz CT molecular complexity index is 410.